The quantitative estimate of drug-likeness (QED) is 0.653. The Morgan fingerprint density at radius 2 is 2.20 bits per heavy atom. The molecule has 1 amide bonds. The van der Waals surface area contributed by atoms with Crippen molar-refractivity contribution in [3.8, 4) is 0 Å². The fourth-order valence-corrected chi connectivity index (χ4v) is 2.54. The number of nitrogens with two attached hydrogens (primary N) is 1. The van der Waals surface area contributed by atoms with Crippen LogP contribution in [0.4, 0.5) is 11.4 Å². The summed E-state index contributed by atoms with van der Waals surface area (Å²) < 4.78 is 0. The minimum Gasteiger partial charge on any atom is -0.372 e. The molecule has 1 aromatic heterocycles. The van der Waals surface area contributed by atoms with Crippen molar-refractivity contribution < 1.29 is 9.72 Å². The molecule has 104 valence electrons. The van der Waals surface area contributed by atoms with Gasteiger partial charge < -0.3 is 11.1 Å². The van der Waals surface area contributed by atoms with Gasteiger partial charge in [-0.05, 0) is 30.5 Å². The van der Waals surface area contributed by atoms with Crippen molar-refractivity contribution in [3.05, 3.63) is 56.3 Å². The Morgan fingerprint density at radius 1 is 1.45 bits per heavy atom. The van der Waals surface area contributed by atoms with Gasteiger partial charge in [0, 0.05) is 16.5 Å². The van der Waals surface area contributed by atoms with Crippen molar-refractivity contribution in [2.45, 2.75) is 13.0 Å². The van der Waals surface area contributed by atoms with E-state index in [2.05, 4.69) is 5.32 Å². The van der Waals surface area contributed by atoms with Crippen LogP contribution < -0.4 is 11.1 Å². The van der Waals surface area contributed by atoms with Gasteiger partial charge in [0.2, 0.25) is 5.91 Å². The Balaban J connectivity index is 2.35. The van der Waals surface area contributed by atoms with Crippen LogP contribution in [0.1, 0.15) is 28.2 Å². The first-order valence-corrected chi connectivity index (χ1v) is 6.75. The molecule has 1 aromatic carbocycles. The van der Waals surface area contributed by atoms with Gasteiger partial charge >= 0.3 is 0 Å². The van der Waals surface area contributed by atoms with Crippen LogP contribution in [-0.4, -0.2) is 10.8 Å². The number of nitro benzene ring substituents is 1. The number of amides is 1. The smallest absolute Gasteiger partial charge is 0.292 e. The van der Waals surface area contributed by atoms with Gasteiger partial charge in [0.25, 0.3) is 5.69 Å². The molecule has 6 nitrogen and oxygen atoms in total. The molecule has 0 fully saturated rings. The zero-order valence-corrected chi connectivity index (χ0v) is 11.5. The molecule has 0 bridgehead atoms. The van der Waals surface area contributed by atoms with E-state index < -0.39 is 10.8 Å². The number of nitrogens with zero attached hydrogens (tertiary/aromatic N) is 1. The van der Waals surface area contributed by atoms with E-state index in [0.29, 0.717) is 0 Å². The van der Waals surface area contributed by atoms with Gasteiger partial charge in [-0.15, -0.1) is 11.3 Å². The van der Waals surface area contributed by atoms with Crippen molar-refractivity contribution in [1.82, 2.24) is 0 Å². The molecule has 0 saturated heterocycles. The molecule has 0 aliphatic heterocycles. The number of benzene rings is 1. The number of carbonyl (C=O) groups is 1. The third-order valence-electron chi connectivity index (χ3n) is 2.82. The highest BCUT2D eigenvalue weighted by Crippen LogP contribution is 2.30. The standard InChI is InChI=1S/C13H13N3O3S/c1-8(12-3-2-6-20-12)15-10-7-9(13(14)17)4-5-11(10)16(18)19/h2-8,15H,1H3,(H2,14,17). The summed E-state index contributed by atoms with van der Waals surface area (Å²) in [7, 11) is 0. The average Bonchev–Trinajstić information content (AvgIpc) is 2.92. The third kappa shape index (κ3) is 2.94. The summed E-state index contributed by atoms with van der Waals surface area (Å²) in [5, 5.41) is 16.0. The summed E-state index contributed by atoms with van der Waals surface area (Å²) >= 11 is 1.55. The number of hydrogen-bond acceptors (Lipinski definition) is 5. The lowest BCUT2D eigenvalue weighted by atomic mass is 10.1. The first-order chi connectivity index (χ1) is 9.49. The van der Waals surface area contributed by atoms with Gasteiger partial charge in [-0.1, -0.05) is 6.07 Å². The van der Waals surface area contributed by atoms with Crippen LogP contribution in [0.5, 0.6) is 0 Å². The maximum Gasteiger partial charge on any atom is 0.292 e. The molecule has 0 saturated carbocycles. The van der Waals surface area contributed by atoms with Crippen molar-refractivity contribution in [3.63, 3.8) is 0 Å². The molecule has 2 rings (SSSR count). The second kappa shape index (κ2) is 5.70. The lowest BCUT2D eigenvalue weighted by Gasteiger charge is -2.14. The van der Waals surface area contributed by atoms with Crippen LogP contribution in [0.25, 0.3) is 0 Å². The summed E-state index contributed by atoms with van der Waals surface area (Å²) in [6.07, 6.45) is 0. The molecular formula is C13H13N3O3S. The Bertz CT molecular complexity index is 640. The van der Waals surface area contributed by atoms with E-state index in [1.54, 1.807) is 11.3 Å². The van der Waals surface area contributed by atoms with Crippen LogP contribution >= 0.6 is 11.3 Å². The van der Waals surface area contributed by atoms with Gasteiger partial charge in [-0.3, -0.25) is 14.9 Å². The monoisotopic (exact) mass is 291 g/mol. The summed E-state index contributed by atoms with van der Waals surface area (Å²) in [6.45, 7) is 1.90. The maximum absolute atomic E-state index is 11.2. The van der Waals surface area contributed by atoms with E-state index in [1.807, 2.05) is 24.4 Å². The van der Waals surface area contributed by atoms with E-state index in [0.717, 1.165) is 4.88 Å². The second-order valence-electron chi connectivity index (χ2n) is 4.23. The number of hydrogen-bond donors (Lipinski definition) is 2. The molecular weight excluding hydrogens is 278 g/mol. The van der Waals surface area contributed by atoms with Crippen molar-refractivity contribution in [1.29, 1.82) is 0 Å². The molecule has 3 N–H and O–H groups in total. The number of carbonyl (C=O) groups excluding carboxylic acids is 1. The lowest BCUT2D eigenvalue weighted by Crippen LogP contribution is -2.13. The first-order valence-electron chi connectivity index (χ1n) is 5.87. The fraction of sp³-hybridized carbons (Fsp3) is 0.154. The molecule has 7 heteroatoms. The van der Waals surface area contributed by atoms with Gasteiger partial charge in [0.05, 0.1) is 11.0 Å². The Kier molecular flexibility index (Phi) is 3.99. The number of thiophene rings is 1. The molecule has 1 heterocycles. The van der Waals surface area contributed by atoms with E-state index in [1.165, 1.54) is 18.2 Å². The second-order valence-corrected chi connectivity index (χ2v) is 5.21. The summed E-state index contributed by atoms with van der Waals surface area (Å²) in [5.41, 5.74) is 5.63. The highest BCUT2D eigenvalue weighted by molar-refractivity contribution is 7.10. The minimum absolute atomic E-state index is 0.0848. The lowest BCUT2D eigenvalue weighted by molar-refractivity contribution is -0.384. The largest absolute Gasteiger partial charge is 0.372 e. The molecule has 0 spiro atoms. The van der Waals surface area contributed by atoms with Crippen LogP contribution in [0.3, 0.4) is 0 Å². The SMILES string of the molecule is CC(Nc1cc(C(N)=O)ccc1[N+](=O)[O-])c1cccs1. The van der Waals surface area contributed by atoms with Gasteiger partial charge in [0.1, 0.15) is 5.69 Å². The predicted octanol–water partition coefficient (Wildman–Crippen LogP) is 2.93. The predicted molar refractivity (Wildman–Crippen MR) is 78.0 cm³/mol. The number of anilines is 1. The third-order valence-corrected chi connectivity index (χ3v) is 3.87. The average molecular weight is 291 g/mol. The molecule has 0 radical (unpaired) electrons. The topological polar surface area (TPSA) is 98.3 Å². The van der Waals surface area contributed by atoms with Crippen molar-refractivity contribution >= 4 is 28.6 Å². The molecule has 1 atom stereocenters. The highest BCUT2D eigenvalue weighted by atomic mass is 32.1. The Morgan fingerprint density at radius 3 is 2.75 bits per heavy atom. The molecule has 0 aliphatic carbocycles. The van der Waals surface area contributed by atoms with Crippen LogP contribution in [0, 0.1) is 10.1 Å². The highest BCUT2D eigenvalue weighted by Gasteiger charge is 2.18. The Hall–Kier alpha value is -2.41. The van der Waals surface area contributed by atoms with E-state index in [-0.39, 0.29) is 23.0 Å². The molecule has 0 aliphatic rings. The number of rotatable bonds is 5. The molecule has 1 unspecified atom stereocenters. The summed E-state index contributed by atoms with van der Waals surface area (Å²) in [4.78, 5) is 22.8. The number of nitro groups is 1. The molecule has 2 aromatic rings. The van der Waals surface area contributed by atoms with Gasteiger partial charge in [0.15, 0.2) is 0 Å². The summed E-state index contributed by atoms with van der Waals surface area (Å²) in [6, 6.07) is 7.78. The molecule has 20 heavy (non-hydrogen) atoms. The maximum atomic E-state index is 11.2. The number of nitrogens with one attached hydrogen (secondary N) is 1. The van der Waals surface area contributed by atoms with E-state index >= 15 is 0 Å². The van der Waals surface area contributed by atoms with E-state index in [9.17, 15) is 14.9 Å². The minimum atomic E-state index is -0.619. The number of primary amides is 1. The Labute approximate surface area is 119 Å². The zero-order valence-electron chi connectivity index (χ0n) is 10.7. The van der Waals surface area contributed by atoms with Crippen molar-refractivity contribution in [2.75, 3.05) is 5.32 Å². The van der Waals surface area contributed by atoms with Gasteiger partial charge in [-0.25, -0.2) is 0 Å². The van der Waals surface area contributed by atoms with Crippen molar-refractivity contribution in [2.24, 2.45) is 5.73 Å². The summed E-state index contributed by atoms with van der Waals surface area (Å²) in [5.74, 6) is -0.619. The first kappa shape index (κ1) is 14.0. The fourth-order valence-electron chi connectivity index (χ4n) is 1.81. The van der Waals surface area contributed by atoms with Crippen LogP contribution in [-0.2, 0) is 0 Å². The normalized spacial score (nSPS) is 11.8. The van der Waals surface area contributed by atoms with Crippen LogP contribution in [0.2, 0.25) is 0 Å². The van der Waals surface area contributed by atoms with E-state index in [4.69, 9.17) is 5.73 Å². The van der Waals surface area contributed by atoms with Crippen LogP contribution in [0.15, 0.2) is 35.7 Å². The zero-order chi connectivity index (χ0) is 14.7. The van der Waals surface area contributed by atoms with Gasteiger partial charge in [-0.2, -0.15) is 0 Å².